The van der Waals surface area contributed by atoms with E-state index in [-0.39, 0.29) is 0 Å². The first-order valence-electron chi connectivity index (χ1n) is 5.03. The zero-order valence-electron chi connectivity index (χ0n) is 9.32. The van der Waals surface area contributed by atoms with Crippen LogP contribution in [0.3, 0.4) is 0 Å². The van der Waals surface area contributed by atoms with Crippen molar-refractivity contribution in [2.75, 3.05) is 12.4 Å². The molecule has 0 amide bonds. The maximum atomic E-state index is 5.21. The number of methoxy groups -OCH3 is 1. The first kappa shape index (κ1) is 10.5. The number of hydrogen-bond acceptors (Lipinski definition) is 4. The van der Waals surface area contributed by atoms with Crippen LogP contribution >= 0.6 is 0 Å². The lowest BCUT2D eigenvalue weighted by Gasteiger charge is -2.09. The summed E-state index contributed by atoms with van der Waals surface area (Å²) < 4.78 is 5.21. The van der Waals surface area contributed by atoms with E-state index in [0.717, 1.165) is 23.1 Å². The zero-order valence-corrected chi connectivity index (χ0v) is 9.32. The van der Waals surface area contributed by atoms with Gasteiger partial charge < -0.3 is 15.0 Å². The number of H-pyrrole nitrogens is 1. The predicted molar refractivity (Wildman–Crippen MR) is 61.4 cm³/mol. The number of rotatable bonds is 4. The van der Waals surface area contributed by atoms with E-state index >= 15 is 0 Å². The van der Waals surface area contributed by atoms with Gasteiger partial charge in [-0.05, 0) is 19.1 Å². The molecular weight excluding hydrogens is 204 g/mol. The average molecular weight is 218 g/mol. The molecule has 0 radical (unpaired) electrons. The van der Waals surface area contributed by atoms with Gasteiger partial charge in [-0.1, -0.05) is 0 Å². The topological polar surface area (TPSA) is 62.8 Å². The summed E-state index contributed by atoms with van der Waals surface area (Å²) in [6.45, 7) is 2.54. The second kappa shape index (κ2) is 4.65. The molecule has 5 heteroatoms. The monoisotopic (exact) mass is 218 g/mol. The summed E-state index contributed by atoms with van der Waals surface area (Å²) >= 11 is 0. The highest BCUT2D eigenvalue weighted by Crippen LogP contribution is 2.21. The van der Waals surface area contributed by atoms with E-state index in [9.17, 15) is 0 Å². The molecule has 0 fully saturated rings. The van der Waals surface area contributed by atoms with E-state index in [4.69, 9.17) is 4.74 Å². The molecule has 0 saturated carbocycles. The summed E-state index contributed by atoms with van der Waals surface area (Å²) in [5, 5.41) is 3.18. The minimum atomic E-state index is 0.597. The molecule has 0 aliphatic rings. The number of aryl methyl sites for hydroxylation is 1. The predicted octanol–water partition coefficient (Wildman–Crippen LogP) is 1.73. The van der Waals surface area contributed by atoms with Crippen LogP contribution in [0, 0.1) is 6.92 Å². The summed E-state index contributed by atoms with van der Waals surface area (Å²) in [6.07, 6.45) is 3.51. The third kappa shape index (κ3) is 2.31. The Hall–Kier alpha value is -2.04. The minimum absolute atomic E-state index is 0.597. The van der Waals surface area contributed by atoms with E-state index in [2.05, 4.69) is 20.3 Å². The summed E-state index contributed by atoms with van der Waals surface area (Å²) in [5.74, 6) is 2.33. The SMILES string of the molecule is COc1ccc(C)nc1NCc1ncc[nH]1. The van der Waals surface area contributed by atoms with Gasteiger partial charge in [0.2, 0.25) is 0 Å². The number of ether oxygens (including phenoxy) is 1. The van der Waals surface area contributed by atoms with Crippen LogP contribution in [0.4, 0.5) is 5.82 Å². The van der Waals surface area contributed by atoms with Gasteiger partial charge in [0.05, 0.1) is 13.7 Å². The van der Waals surface area contributed by atoms with Crippen LogP contribution in [-0.2, 0) is 6.54 Å². The van der Waals surface area contributed by atoms with Crippen molar-refractivity contribution >= 4 is 5.82 Å². The van der Waals surface area contributed by atoms with E-state index < -0.39 is 0 Å². The molecule has 16 heavy (non-hydrogen) atoms. The first-order valence-corrected chi connectivity index (χ1v) is 5.03. The molecule has 2 N–H and O–H groups in total. The minimum Gasteiger partial charge on any atom is -0.493 e. The second-order valence-electron chi connectivity index (χ2n) is 3.39. The Labute approximate surface area is 93.9 Å². The van der Waals surface area contributed by atoms with Crippen LogP contribution in [-0.4, -0.2) is 22.1 Å². The summed E-state index contributed by atoms with van der Waals surface area (Å²) in [5.41, 5.74) is 0.947. The van der Waals surface area contributed by atoms with Gasteiger partial charge in [-0.25, -0.2) is 9.97 Å². The van der Waals surface area contributed by atoms with Crippen LogP contribution in [0.25, 0.3) is 0 Å². The van der Waals surface area contributed by atoms with Crippen molar-refractivity contribution in [3.05, 3.63) is 36.0 Å². The molecular formula is C11H14N4O. The largest absolute Gasteiger partial charge is 0.493 e. The molecule has 5 nitrogen and oxygen atoms in total. The van der Waals surface area contributed by atoms with Gasteiger partial charge in [0, 0.05) is 18.1 Å². The lowest BCUT2D eigenvalue weighted by atomic mass is 10.3. The van der Waals surface area contributed by atoms with E-state index in [1.165, 1.54) is 0 Å². The number of aromatic amines is 1. The number of aromatic nitrogens is 3. The van der Waals surface area contributed by atoms with Crippen LogP contribution in [0.15, 0.2) is 24.5 Å². The molecule has 0 bridgehead atoms. The molecule has 0 atom stereocenters. The van der Waals surface area contributed by atoms with Crippen LogP contribution in [0.5, 0.6) is 5.75 Å². The Bertz CT molecular complexity index is 453. The van der Waals surface area contributed by atoms with Gasteiger partial charge in [0.15, 0.2) is 11.6 Å². The molecule has 84 valence electrons. The van der Waals surface area contributed by atoms with Crippen LogP contribution < -0.4 is 10.1 Å². The molecule has 0 aliphatic carbocycles. The van der Waals surface area contributed by atoms with Crippen LogP contribution in [0.1, 0.15) is 11.5 Å². The molecule has 0 aliphatic heterocycles. The number of nitrogens with one attached hydrogen (secondary N) is 2. The summed E-state index contributed by atoms with van der Waals surface area (Å²) in [4.78, 5) is 11.5. The number of hydrogen-bond donors (Lipinski definition) is 2. The van der Waals surface area contributed by atoms with Crippen molar-refractivity contribution in [2.45, 2.75) is 13.5 Å². The molecule has 0 unspecified atom stereocenters. The Balaban J connectivity index is 2.11. The van der Waals surface area contributed by atoms with E-state index in [0.29, 0.717) is 6.54 Å². The standard InChI is InChI=1S/C11H14N4O/c1-8-3-4-9(16-2)11(15-8)14-7-10-12-5-6-13-10/h3-6H,7H2,1-2H3,(H,12,13)(H,14,15). The third-order valence-electron chi connectivity index (χ3n) is 2.20. The fraction of sp³-hybridized carbons (Fsp3) is 0.273. The average Bonchev–Trinajstić information content (AvgIpc) is 2.79. The Morgan fingerprint density at radius 1 is 1.44 bits per heavy atom. The Kier molecular flexibility index (Phi) is 3.05. The van der Waals surface area contributed by atoms with Crippen molar-refractivity contribution in [3.63, 3.8) is 0 Å². The van der Waals surface area contributed by atoms with Gasteiger partial charge in [-0.2, -0.15) is 0 Å². The fourth-order valence-electron chi connectivity index (χ4n) is 1.40. The number of anilines is 1. The highest BCUT2D eigenvalue weighted by molar-refractivity contribution is 5.50. The molecule has 2 aromatic heterocycles. The van der Waals surface area contributed by atoms with Crippen molar-refractivity contribution in [3.8, 4) is 5.75 Å². The molecule has 0 saturated heterocycles. The normalized spacial score (nSPS) is 10.1. The quantitative estimate of drug-likeness (QED) is 0.820. The maximum Gasteiger partial charge on any atom is 0.169 e. The number of pyridine rings is 1. The van der Waals surface area contributed by atoms with E-state index in [1.54, 1.807) is 19.5 Å². The number of imidazole rings is 1. The Morgan fingerprint density at radius 2 is 2.31 bits per heavy atom. The van der Waals surface area contributed by atoms with E-state index in [1.807, 2.05) is 19.1 Å². The van der Waals surface area contributed by atoms with Gasteiger partial charge in [0.1, 0.15) is 5.82 Å². The summed E-state index contributed by atoms with van der Waals surface area (Å²) in [6, 6.07) is 3.81. The number of nitrogens with zero attached hydrogens (tertiary/aromatic N) is 2. The molecule has 2 aromatic rings. The molecule has 0 aromatic carbocycles. The van der Waals surface area contributed by atoms with Gasteiger partial charge in [-0.15, -0.1) is 0 Å². The van der Waals surface area contributed by atoms with Crippen LogP contribution in [0.2, 0.25) is 0 Å². The second-order valence-corrected chi connectivity index (χ2v) is 3.39. The van der Waals surface area contributed by atoms with Crippen molar-refractivity contribution in [1.29, 1.82) is 0 Å². The first-order chi connectivity index (χ1) is 7.79. The lowest BCUT2D eigenvalue weighted by molar-refractivity contribution is 0.414. The smallest absolute Gasteiger partial charge is 0.169 e. The molecule has 2 rings (SSSR count). The molecule has 2 heterocycles. The molecule has 0 spiro atoms. The van der Waals surface area contributed by atoms with Gasteiger partial charge >= 0.3 is 0 Å². The lowest BCUT2D eigenvalue weighted by Crippen LogP contribution is -2.05. The van der Waals surface area contributed by atoms with Gasteiger partial charge in [0.25, 0.3) is 0 Å². The zero-order chi connectivity index (χ0) is 11.4. The summed E-state index contributed by atoms with van der Waals surface area (Å²) in [7, 11) is 1.63. The van der Waals surface area contributed by atoms with Gasteiger partial charge in [-0.3, -0.25) is 0 Å². The third-order valence-corrected chi connectivity index (χ3v) is 2.20. The Morgan fingerprint density at radius 3 is 3.00 bits per heavy atom. The highest BCUT2D eigenvalue weighted by atomic mass is 16.5. The van der Waals surface area contributed by atoms with Crippen molar-refractivity contribution in [1.82, 2.24) is 15.0 Å². The maximum absolute atomic E-state index is 5.21. The fourth-order valence-corrected chi connectivity index (χ4v) is 1.40. The van der Waals surface area contributed by atoms with Crippen molar-refractivity contribution in [2.24, 2.45) is 0 Å². The van der Waals surface area contributed by atoms with Crippen molar-refractivity contribution < 1.29 is 4.74 Å². The highest BCUT2D eigenvalue weighted by Gasteiger charge is 2.04.